The van der Waals surface area contributed by atoms with Crippen LogP contribution < -0.4 is 14.8 Å². The van der Waals surface area contributed by atoms with Gasteiger partial charge in [-0.15, -0.1) is 0 Å². The predicted octanol–water partition coefficient (Wildman–Crippen LogP) is 6.28. The molecular formula is C28H29N3O3. The molecule has 0 amide bonds. The van der Waals surface area contributed by atoms with Gasteiger partial charge in [-0.3, -0.25) is 4.40 Å². The number of imidazole rings is 1. The van der Waals surface area contributed by atoms with Crippen LogP contribution in [-0.2, 0) is 0 Å². The van der Waals surface area contributed by atoms with E-state index < -0.39 is 5.97 Å². The van der Waals surface area contributed by atoms with Gasteiger partial charge in [-0.1, -0.05) is 31.4 Å². The molecule has 1 aliphatic rings. The standard InChI is InChI=1S/C28H29N3O3/c1-19-16-17-31-25(18-19)30-26(27(31)29-21-8-4-3-5-9-21)23-10-6-7-11-24(23)34-28(32)20-12-14-22(33-2)15-13-20/h6-7,10-18,21,29H,3-5,8-9H2,1-2H3. The molecule has 1 fully saturated rings. The zero-order chi connectivity index (χ0) is 23.5. The molecule has 1 saturated carbocycles. The van der Waals surface area contributed by atoms with E-state index in [2.05, 4.69) is 35.0 Å². The van der Waals surface area contributed by atoms with Crippen molar-refractivity contribution >= 4 is 17.4 Å². The van der Waals surface area contributed by atoms with Gasteiger partial charge in [0.05, 0.1) is 12.7 Å². The van der Waals surface area contributed by atoms with Crippen LogP contribution >= 0.6 is 0 Å². The summed E-state index contributed by atoms with van der Waals surface area (Å²) in [5.74, 6) is 1.69. The second kappa shape index (κ2) is 9.59. The SMILES string of the molecule is COc1ccc(C(=O)Oc2ccccc2-c2nc3cc(C)ccn3c2NC2CCCCC2)cc1. The molecule has 0 radical (unpaired) electrons. The number of fused-ring (bicyclic) bond motifs is 1. The first-order valence-corrected chi connectivity index (χ1v) is 11.8. The highest BCUT2D eigenvalue weighted by atomic mass is 16.5. The minimum Gasteiger partial charge on any atom is -0.497 e. The predicted molar refractivity (Wildman–Crippen MR) is 134 cm³/mol. The number of nitrogens with one attached hydrogen (secondary N) is 1. The fourth-order valence-electron chi connectivity index (χ4n) is 4.55. The van der Waals surface area contributed by atoms with Gasteiger partial charge in [-0.05, 0) is 73.9 Å². The Hall–Kier alpha value is -3.80. The number of benzene rings is 2. The van der Waals surface area contributed by atoms with Gasteiger partial charge in [0.1, 0.15) is 28.7 Å². The van der Waals surface area contributed by atoms with E-state index in [0.29, 0.717) is 23.1 Å². The van der Waals surface area contributed by atoms with Crippen LogP contribution in [0, 0.1) is 6.92 Å². The topological polar surface area (TPSA) is 64.9 Å². The van der Waals surface area contributed by atoms with E-state index in [1.165, 1.54) is 19.3 Å². The van der Waals surface area contributed by atoms with Gasteiger partial charge in [0.2, 0.25) is 0 Å². The number of ether oxygens (including phenoxy) is 2. The van der Waals surface area contributed by atoms with Gasteiger partial charge < -0.3 is 14.8 Å². The zero-order valence-corrected chi connectivity index (χ0v) is 19.6. The van der Waals surface area contributed by atoms with Gasteiger partial charge in [0, 0.05) is 17.8 Å². The smallest absolute Gasteiger partial charge is 0.343 e. The molecule has 1 N–H and O–H groups in total. The van der Waals surface area contributed by atoms with Crippen LogP contribution in [0.15, 0.2) is 66.9 Å². The quantitative estimate of drug-likeness (QED) is 0.274. The molecule has 2 heterocycles. The molecule has 6 nitrogen and oxygen atoms in total. The number of carbonyl (C=O) groups excluding carboxylic acids is 1. The molecule has 4 aromatic rings. The molecule has 6 heteroatoms. The van der Waals surface area contributed by atoms with Crippen LogP contribution in [0.4, 0.5) is 5.82 Å². The van der Waals surface area contributed by atoms with Crippen molar-refractivity contribution in [3.8, 4) is 22.8 Å². The number of pyridine rings is 1. The van der Waals surface area contributed by atoms with E-state index >= 15 is 0 Å². The summed E-state index contributed by atoms with van der Waals surface area (Å²) in [6.07, 6.45) is 8.11. The van der Waals surface area contributed by atoms with Crippen LogP contribution in [0.25, 0.3) is 16.9 Å². The second-order valence-corrected chi connectivity index (χ2v) is 8.83. The Morgan fingerprint density at radius 3 is 2.56 bits per heavy atom. The van der Waals surface area contributed by atoms with E-state index in [1.54, 1.807) is 31.4 Å². The Labute approximate surface area is 199 Å². The van der Waals surface area contributed by atoms with Gasteiger partial charge >= 0.3 is 5.97 Å². The summed E-state index contributed by atoms with van der Waals surface area (Å²) in [5, 5.41) is 3.76. The highest BCUT2D eigenvalue weighted by Crippen LogP contribution is 2.37. The minimum absolute atomic E-state index is 0.405. The molecule has 34 heavy (non-hydrogen) atoms. The van der Waals surface area contributed by atoms with E-state index in [4.69, 9.17) is 14.5 Å². The summed E-state index contributed by atoms with van der Waals surface area (Å²) in [5.41, 5.74) is 4.04. The lowest BCUT2D eigenvalue weighted by molar-refractivity contribution is 0.0735. The van der Waals surface area contributed by atoms with Crippen LogP contribution in [0.3, 0.4) is 0 Å². The summed E-state index contributed by atoms with van der Waals surface area (Å²) >= 11 is 0. The Morgan fingerprint density at radius 1 is 1.03 bits per heavy atom. The fourth-order valence-corrected chi connectivity index (χ4v) is 4.55. The number of rotatable bonds is 6. The number of aromatic nitrogens is 2. The maximum absolute atomic E-state index is 12.9. The maximum Gasteiger partial charge on any atom is 0.343 e. The van der Waals surface area contributed by atoms with E-state index in [-0.39, 0.29) is 0 Å². The lowest BCUT2D eigenvalue weighted by atomic mass is 9.95. The number of hydrogen-bond donors (Lipinski definition) is 1. The molecule has 174 valence electrons. The molecule has 5 rings (SSSR count). The summed E-state index contributed by atoms with van der Waals surface area (Å²) in [6, 6.07) is 19.0. The van der Waals surface area contributed by atoms with E-state index in [1.807, 2.05) is 24.3 Å². The van der Waals surface area contributed by atoms with Crippen LogP contribution in [0.1, 0.15) is 48.0 Å². The zero-order valence-electron chi connectivity index (χ0n) is 19.6. The lowest BCUT2D eigenvalue weighted by Gasteiger charge is -2.24. The molecule has 0 atom stereocenters. The average molecular weight is 456 g/mol. The molecule has 2 aromatic heterocycles. The molecule has 0 bridgehead atoms. The molecule has 1 aliphatic carbocycles. The largest absolute Gasteiger partial charge is 0.497 e. The Morgan fingerprint density at radius 2 is 1.79 bits per heavy atom. The monoisotopic (exact) mass is 455 g/mol. The number of esters is 1. The van der Waals surface area contributed by atoms with Crippen molar-refractivity contribution in [2.45, 2.75) is 45.1 Å². The van der Waals surface area contributed by atoms with Gasteiger partial charge in [-0.25, -0.2) is 9.78 Å². The van der Waals surface area contributed by atoms with Crippen molar-refractivity contribution in [2.75, 3.05) is 12.4 Å². The van der Waals surface area contributed by atoms with Gasteiger partial charge in [0.25, 0.3) is 0 Å². The van der Waals surface area contributed by atoms with Crippen LogP contribution in [-0.4, -0.2) is 28.5 Å². The number of carbonyl (C=O) groups is 1. The van der Waals surface area contributed by atoms with E-state index in [9.17, 15) is 4.79 Å². The van der Waals surface area contributed by atoms with Crippen molar-refractivity contribution < 1.29 is 14.3 Å². The normalized spacial score (nSPS) is 14.2. The minimum atomic E-state index is -0.420. The summed E-state index contributed by atoms with van der Waals surface area (Å²) in [4.78, 5) is 17.9. The molecular weight excluding hydrogens is 426 g/mol. The molecule has 0 unspecified atom stereocenters. The second-order valence-electron chi connectivity index (χ2n) is 8.83. The average Bonchev–Trinajstić information content (AvgIpc) is 3.22. The number of nitrogens with zero attached hydrogens (tertiary/aromatic N) is 2. The first kappa shape index (κ1) is 22.0. The number of para-hydroxylation sites is 1. The highest BCUT2D eigenvalue weighted by molar-refractivity contribution is 5.93. The Bertz CT molecular complexity index is 1300. The molecule has 0 spiro atoms. The van der Waals surface area contributed by atoms with Crippen LogP contribution in [0.5, 0.6) is 11.5 Å². The first-order chi connectivity index (χ1) is 16.6. The summed E-state index contributed by atoms with van der Waals surface area (Å²) in [6.45, 7) is 2.06. The highest BCUT2D eigenvalue weighted by Gasteiger charge is 2.22. The van der Waals surface area contributed by atoms with Crippen molar-refractivity contribution in [1.29, 1.82) is 0 Å². The first-order valence-electron chi connectivity index (χ1n) is 11.8. The third-order valence-corrected chi connectivity index (χ3v) is 6.40. The molecule has 0 saturated heterocycles. The fraction of sp³-hybridized carbons (Fsp3) is 0.286. The van der Waals surface area contributed by atoms with Crippen molar-refractivity contribution in [3.63, 3.8) is 0 Å². The van der Waals surface area contributed by atoms with E-state index in [0.717, 1.165) is 41.1 Å². The molecule has 0 aliphatic heterocycles. The molecule has 2 aromatic carbocycles. The van der Waals surface area contributed by atoms with Crippen LogP contribution in [0.2, 0.25) is 0 Å². The third kappa shape index (κ3) is 4.49. The number of aryl methyl sites for hydroxylation is 1. The Kier molecular flexibility index (Phi) is 6.21. The summed E-state index contributed by atoms with van der Waals surface area (Å²) in [7, 11) is 1.60. The summed E-state index contributed by atoms with van der Waals surface area (Å²) < 4.78 is 13.2. The number of hydrogen-bond acceptors (Lipinski definition) is 5. The number of anilines is 1. The van der Waals surface area contributed by atoms with Crippen molar-refractivity contribution in [3.05, 3.63) is 78.0 Å². The van der Waals surface area contributed by atoms with Crippen molar-refractivity contribution in [2.24, 2.45) is 0 Å². The third-order valence-electron chi connectivity index (χ3n) is 6.40. The number of methoxy groups -OCH3 is 1. The lowest BCUT2D eigenvalue weighted by Crippen LogP contribution is -2.23. The maximum atomic E-state index is 12.9. The van der Waals surface area contributed by atoms with Gasteiger partial charge in [0.15, 0.2) is 0 Å². The van der Waals surface area contributed by atoms with Crippen molar-refractivity contribution in [1.82, 2.24) is 9.38 Å². The van der Waals surface area contributed by atoms with Gasteiger partial charge in [-0.2, -0.15) is 0 Å². The Balaban J connectivity index is 1.53.